The summed E-state index contributed by atoms with van der Waals surface area (Å²) < 4.78 is 0. The van der Waals surface area contributed by atoms with Gasteiger partial charge in [-0.25, -0.2) is 0 Å². The SMILES string of the molecule is CCCN(CCC)C(=O)CC(C)c1ccc(N)cc1. The lowest BCUT2D eigenvalue weighted by Crippen LogP contribution is -2.33. The van der Waals surface area contributed by atoms with Crippen LogP contribution < -0.4 is 5.73 Å². The molecule has 0 heterocycles. The molecule has 0 aliphatic rings. The minimum atomic E-state index is 0.240. The first kappa shape index (κ1) is 15.5. The Morgan fingerprint density at radius 3 is 2.16 bits per heavy atom. The highest BCUT2D eigenvalue weighted by atomic mass is 16.2. The van der Waals surface area contributed by atoms with E-state index in [1.54, 1.807) is 0 Å². The first-order valence-corrected chi connectivity index (χ1v) is 7.21. The number of hydrogen-bond donors (Lipinski definition) is 1. The topological polar surface area (TPSA) is 46.3 Å². The zero-order valence-corrected chi connectivity index (χ0v) is 12.4. The quantitative estimate of drug-likeness (QED) is 0.765. The van der Waals surface area contributed by atoms with Gasteiger partial charge in [0, 0.05) is 25.2 Å². The van der Waals surface area contributed by atoms with Gasteiger partial charge in [0.25, 0.3) is 0 Å². The van der Waals surface area contributed by atoms with Crippen molar-refractivity contribution in [3.05, 3.63) is 29.8 Å². The summed E-state index contributed by atoms with van der Waals surface area (Å²) in [5.74, 6) is 0.498. The molecule has 0 aromatic heterocycles. The molecule has 1 rings (SSSR count). The van der Waals surface area contributed by atoms with E-state index >= 15 is 0 Å². The average Bonchev–Trinajstić information content (AvgIpc) is 2.39. The molecule has 1 aromatic rings. The molecule has 1 unspecified atom stereocenters. The van der Waals surface area contributed by atoms with Gasteiger partial charge in [-0.3, -0.25) is 4.79 Å². The summed E-state index contributed by atoms with van der Waals surface area (Å²) in [5.41, 5.74) is 7.62. The van der Waals surface area contributed by atoms with Crippen molar-refractivity contribution in [2.75, 3.05) is 18.8 Å². The lowest BCUT2D eigenvalue weighted by Gasteiger charge is -2.23. The first-order chi connectivity index (χ1) is 9.08. The molecule has 3 heteroatoms. The Hall–Kier alpha value is -1.51. The fourth-order valence-electron chi connectivity index (χ4n) is 2.23. The lowest BCUT2D eigenvalue weighted by molar-refractivity contribution is -0.131. The van der Waals surface area contributed by atoms with E-state index in [0.29, 0.717) is 6.42 Å². The van der Waals surface area contributed by atoms with Gasteiger partial charge in [0.2, 0.25) is 5.91 Å². The van der Waals surface area contributed by atoms with Gasteiger partial charge in [-0.2, -0.15) is 0 Å². The molecule has 0 aliphatic heterocycles. The highest BCUT2D eigenvalue weighted by Gasteiger charge is 2.16. The van der Waals surface area contributed by atoms with Crippen LogP contribution in [-0.2, 0) is 4.79 Å². The maximum atomic E-state index is 12.3. The number of nitrogens with two attached hydrogens (primary N) is 1. The Morgan fingerprint density at radius 1 is 1.16 bits per heavy atom. The van der Waals surface area contributed by atoms with Gasteiger partial charge in [-0.15, -0.1) is 0 Å². The highest BCUT2D eigenvalue weighted by Crippen LogP contribution is 2.21. The van der Waals surface area contributed by atoms with Gasteiger partial charge in [0.15, 0.2) is 0 Å². The second-order valence-electron chi connectivity index (χ2n) is 5.15. The molecule has 0 saturated heterocycles. The molecule has 0 aliphatic carbocycles. The Kier molecular flexibility index (Phi) is 6.40. The summed E-state index contributed by atoms with van der Waals surface area (Å²) >= 11 is 0. The molecular weight excluding hydrogens is 236 g/mol. The third kappa shape index (κ3) is 4.93. The predicted octanol–water partition coefficient (Wildman–Crippen LogP) is 3.41. The highest BCUT2D eigenvalue weighted by molar-refractivity contribution is 5.77. The second-order valence-corrected chi connectivity index (χ2v) is 5.15. The largest absolute Gasteiger partial charge is 0.399 e. The predicted molar refractivity (Wildman–Crippen MR) is 81.0 cm³/mol. The van der Waals surface area contributed by atoms with Gasteiger partial charge >= 0.3 is 0 Å². The number of carbonyl (C=O) groups excluding carboxylic acids is 1. The van der Waals surface area contributed by atoms with Crippen molar-refractivity contribution in [3.8, 4) is 0 Å². The molecule has 2 N–H and O–H groups in total. The van der Waals surface area contributed by atoms with Crippen molar-refractivity contribution in [1.29, 1.82) is 0 Å². The number of rotatable bonds is 7. The van der Waals surface area contributed by atoms with Gasteiger partial charge in [-0.05, 0) is 36.5 Å². The maximum Gasteiger partial charge on any atom is 0.223 e. The number of amides is 1. The Morgan fingerprint density at radius 2 is 1.68 bits per heavy atom. The zero-order valence-electron chi connectivity index (χ0n) is 12.4. The molecule has 1 atom stereocenters. The van der Waals surface area contributed by atoms with Crippen LogP contribution in [0.3, 0.4) is 0 Å². The van der Waals surface area contributed by atoms with Gasteiger partial charge in [0.05, 0.1) is 0 Å². The number of benzene rings is 1. The summed E-state index contributed by atoms with van der Waals surface area (Å²) in [6, 6.07) is 7.81. The van der Waals surface area contributed by atoms with E-state index in [1.807, 2.05) is 29.2 Å². The molecule has 19 heavy (non-hydrogen) atoms. The van der Waals surface area contributed by atoms with Crippen LogP contribution in [0.15, 0.2) is 24.3 Å². The van der Waals surface area contributed by atoms with Crippen molar-refractivity contribution < 1.29 is 4.79 Å². The zero-order chi connectivity index (χ0) is 14.3. The lowest BCUT2D eigenvalue weighted by atomic mass is 9.97. The van der Waals surface area contributed by atoms with E-state index in [1.165, 1.54) is 5.56 Å². The third-order valence-corrected chi connectivity index (χ3v) is 3.33. The molecule has 0 radical (unpaired) electrons. The van der Waals surface area contributed by atoms with Crippen molar-refractivity contribution in [3.63, 3.8) is 0 Å². The summed E-state index contributed by atoms with van der Waals surface area (Å²) in [6.07, 6.45) is 2.61. The number of hydrogen-bond acceptors (Lipinski definition) is 2. The van der Waals surface area contributed by atoms with E-state index in [2.05, 4.69) is 20.8 Å². The molecule has 106 valence electrons. The van der Waals surface area contributed by atoms with Crippen LogP contribution in [0, 0.1) is 0 Å². The van der Waals surface area contributed by atoms with Crippen molar-refractivity contribution in [2.45, 2.75) is 46.0 Å². The molecule has 0 fully saturated rings. The minimum absolute atomic E-state index is 0.240. The molecule has 1 amide bonds. The molecule has 0 bridgehead atoms. The molecule has 3 nitrogen and oxygen atoms in total. The number of nitrogens with zero attached hydrogens (tertiary/aromatic N) is 1. The summed E-state index contributed by atoms with van der Waals surface area (Å²) in [5, 5.41) is 0. The van der Waals surface area contributed by atoms with Crippen LogP contribution in [0.25, 0.3) is 0 Å². The van der Waals surface area contributed by atoms with Crippen LogP contribution in [0.4, 0.5) is 5.69 Å². The number of anilines is 1. The fourth-order valence-corrected chi connectivity index (χ4v) is 2.23. The smallest absolute Gasteiger partial charge is 0.223 e. The average molecular weight is 262 g/mol. The van der Waals surface area contributed by atoms with Crippen LogP contribution >= 0.6 is 0 Å². The standard InChI is InChI=1S/C16H26N2O/c1-4-10-18(11-5-2)16(19)12-13(3)14-6-8-15(17)9-7-14/h6-9,13H,4-5,10-12,17H2,1-3H3. The molecule has 1 aromatic carbocycles. The van der Waals surface area contributed by atoms with E-state index in [0.717, 1.165) is 31.6 Å². The summed E-state index contributed by atoms with van der Waals surface area (Å²) in [4.78, 5) is 14.3. The number of nitrogen functional groups attached to an aromatic ring is 1. The third-order valence-electron chi connectivity index (χ3n) is 3.33. The molecule has 0 spiro atoms. The van der Waals surface area contributed by atoms with Gasteiger partial charge in [0.1, 0.15) is 0 Å². The van der Waals surface area contributed by atoms with Crippen molar-refractivity contribution in [2.24, 2.45) is 0 Å². The Balaban J connectivity index is 2.61. The maximum absolute atomic E-state index is 12.3. The first-order valence-electron chi connectivity index (χ1n) is 7.21. The number of carbonyl (C=O) groups is 1. The van der Waals surface area contributed by atoms with Crippen LogP contribution in [-0.4, -0.2) is 23.9 Å². The second kappa shape index (κ2) is 7.82. The molecule has 0 saturated carbocycles. The van der Waals surface area contributed by atoms with Gasteiger partial charge < -0.3 is 10.6 Å². The van der Waals surface area contributed by atoms with E-state index < -0.39 is 0 Å². The monoisotopic (exact) mass is 262 g/mol. The van der Waals surface area contributed by atoms with Crippen LogP contribution in [0.5, 0.6) is 0 Å². The Bertz CT molecular complexity index is 380. The summed E-state index contributed by atoms with van der Waals surface area (Å²) in [6.45, 7) is 8.04. The van der Waals surface area contributed by atoms with Gasteiger partial charge in [-0.1, -0.05) is 32.9 Å². The van der Waals surface area contributed by atoms with E-state index in [9.17, 15) is 4.79 Å². The van der Waals surface area contributed by atoms with E-state index in [-0.39, 0.29) is 11.8 Å². The van der Waals surface area contributed by atoms with Crippen LogP contribution in [0.1, 0.15) is 51.5 Å². The Labute approximate surface area is 116 Å². The fraction of sp³-hybridized carbons (Fsp3) is 0.562. The van der Waals surface area contributed by atoms with Crippen LogP contribution in [0.2, 0.25) is 0 Å². The summed E-state index contributed by atoms with van der Waals surface area (Å²) in [7, 11) is 0. The van der Waals surface area contributed by atoms with Crippen molar-refractivity contribution in [1.82, 2.24) is 4.90 Å². The van der Waals surface area contributed by atoms with E-state index in [4.69, 9.17) is 5.73 Å². The van der Waals surface area contributed by atoms with Crippen molar-refractivity contribution >= 4 is 11.6 Å². The molecular formula is C16H26N2O. The normalized spacial score (nSPS) is 12.2. The minimum Gasteiger partial charge on any atom is -0.399 e.